The van der Waals surface area contributed by atoms with Crippen molar-refractivity contribution in [3.8, 4) is 0 Å². The Kier molecular flexibility index (Phi) is 4.14. The second-order valence-corrected chi connectivity index (χ2v) is 6.15. The molecule has 0 saturated carbocycles. The van der Waals surface area contributed by atoms with Crippen molar-refractivity contribution in [2.75, 3.05) is 0 Å². The Morgan fingerprint density at radius 1 is 1.42 bits per heavy atom. The lowest BCUT2D eigenvalue weighted by molar-refractivity contribution is -0.137. The first-order chi connectivity index (χ1) is 8.97. The molecule has 0 radical (unpaired) electrons. The fraction of sp³-hybridized carbons (Fsp3) is 0.429. The van der Waals surface area contributed by atoms with E-state index in [0.29, 0.717) is 5.75 Å². The summed E-state index contributed by atoms with van der Waals surface area (Å²) in [4.78, 5) is 15.6. The van der Waals surface area contributed by atoms with E-state index in [0.717, 1.165) is 11.3 Å². The number of aryl methyl sites for hydroxylation is 1. The lowest BCUT2D eigenvalue weighted by atomic mass is 10.1. The van der Waals surface area contributed by atoms with Crippen molar-refractivity contribution in [3.63, 3.8) is 0 Å². The number of aliphatic carboxylic acids is 1. The quantitative estimate of drug-likeness (QED) is 0.913. The maximum Gasteiger partial charge on any atom is 0.316 e. The maximum atomic E-state index is 11.1. The predicted molar refractivity (Wildman–Crippen MR) is 77.5 cm³/mol. The number of hydrogen-bond donors (Lipinski definition) is 1. The van der Waals surface area contributed by atoms with Gasteiger partial charge in [0.15, 0.2) is 0 Å². The van der Waals surface area contributed by atoms with E-state index >= 15 is 0 Å². The largest absolute Gasteiger partial charge is 0.480 e. The van der Waals surface area contributed by atoms with Gasteiger partial charge in [-0.1, -0.05) is 19.9 Å². The molecule has 1 unspecified atom stereocenters. The van der Waals surface area contributed by atoms with Crippen molar-refractivity contribution >= 4 is 23.4 Å². The SMILES string of the molecule is Cc1ccc2nc(CSC(C(=O)O)C(C)C)cn2c1. The number of aromatic nitrogens is 2. The standard InChI is InChI=1S/C14H18N2O2S/c1-9(2)13(14(17)18)19-8-11-7-16-6-10(3)4-5-12(16)15-11/h4-7,9,13H,8H2,1-3H3,(H,17,18). The lowest BCUT2D eigenvalue weighted by Gasteiger charge is -2.14. The molecule has 0 fully saturated rings. The van der Waals surface area contributed by atoms with E-state index in [1.54, 1.807) is 0 Å². The highest BCUT2D eigenvalue weighted by Crippen LogP contribution is 2.24. The van der Waals surface area contributed by atoms with Crippen molar-refractivity contribution in [2.45, 2.75) is 31.8 Å². The third-order valence-corrected chi connectivity index (χ3v) is 4.48. The lowest BCUT2D eigenvalue weighted by Crippen LogP contribution is -2.22. The molecule has 5 heteroatoms. The molecule has 0 bridgehead atoms. The molecule has 1 atom stereocenters. The molecule has 0 aliphatic carbocycles. The average molecular weight is 278 g/mol. The van der Waals surface area contributed by atoms with Crippen LogP contribution < -0.4 is 0 Å². The van der Waals surface area contributed by atoms with E-state index in [9.17, 15) is 4.79 Å². The topological polar surface area (TPSA) is 54.6 Å². The van der Waals surface area contributed by atoms with Gasteiger partial charge in [-0.05, 0) is 24.5 Å². The van der Waals surface area contributed by atoms with Gasteiger partial charge in [0.25, 0.3) is 0 Å². The Bertz CT molecular complexity index is 592. The monoisotopic (exact) mass is 278 g/mol. The highest BCUT2D eigenvalue weighted by atomic mass is 32.2. The van der Waals surface area contributed by atoms with Crippen LogP contribution in [0.25, 0.3) is 5.65 Å². The molecule has 2 heterocycles. The Labute approximate surface area is 116 Å². The van der Waals surface area contributed by atoms with Crippen LogP contribution in [0.1, 0.15) is 25.1 Å². The number of carboxylic acids is 1. The summed E-state index contributed by atoms with van der Waals surface area (Å²) in [7, 11) is 0. The van der Waals surface area contributed by atoms with E-state index in [-0.39, 0.29) is 11.2 Å². The number of pyridine rings is 1. The number of carboxylic acid groups (broad SMARTS) is 1. The number of hydrogen-bond acceptors (Lipinski definition) is 3. The zero-order valence-electron chi connectivity index (χ0n) is 11.3. The van der Waals surface area contributed by atoms with Gasteiger partial charge in [-0.2, -0.15) is 0 Å². The first-order valence-electron chi connectivity index (χ1n) is 6.26. The van der Waals surface area contributed by atoms with Crippen molar-refractivity contribution in [2.24, 2.45) is 5.92 Å². The minimum Gasteiger partial charge on any atom is -0.480 e. The molecule has 0 amide bonds. The molecule has 19 heavy (non-hydrogen) atoms. The first kappa shape index (κ1) is 13.9. The number of nitrogens with zero attached hydrogens (tertiary/aromatic N) is 2. The molecule has 102 valence electrons. The molecule has 2 aromatic heterocycles. The van der Waals surface area contributed by atoms with E-state index in [2.05, 4.69) is 4.98 Å². The maximum absolute atomic E-state index is 11.1. The predicted octanol–water partition coefficient (Wildman–Crippen LogP) is 2.99. The van der Waals surface area contributed by atoms with Gasteiger partial charge in [-0.3, -0.25) is 4.79 Å². The molecule has 0 spiro atoms. The van der Waals surface area contributed by atoms with Gasteiger partial charge in [-0.15, -0.1) is 11.8 Å². The fourth-order valence-corrected chi connectivity index (χ4v) is 2.97. The van der Waals surface area contributed by atoms with Gasteiger partial charge in [0.05, 0.1) is 5.69 Å². The summed E-state index contributed by atoms with van der Waals surface area (Å²) in [5, 5.41) is 8.77. The second-order valence-electron chi connectivity index (χ2n) is 5.02. The minimum absolute atomic E-state index is 0.113. The van der Waals surface area contributed by atoms with Crippen molar-refractivity contribution in [3.05, 3.63) is 35.8 Å². The molecule has 4 nitrogen and oxygen atoms in total. The number of thioether (sulfide) groups is 1. The van der Waals surface area contributed by atoms with Crippen LogP contribution in [0, 0.1) is 12.8 Å². The van der Waals surface area contributed by atoms with Crippen LogP contribution in [-0.4, -0.2) is 25.7 Å². The van der Waals surface area contributed by atoms with Gasteiger partial charge in [0.2, 0.25) is 0 Å². The van der Waals surface area contributed by atoms with Gasteiger partial charge in [0.1, 0.15) is 10.9 Å². The van der Waals surface area contributed by atoms with E-state index in [1.165, 1.54) is 17.3 Å². The minimum atomic E-state index is -0.750. The van der Waals surface area contributed by atoms with Gasteiger partial charge >= 0.3 is 5.97 Å². The fourth-order valence-electron chi connectivity index (χ4n) is 1.95. The van der Waals surface area contributed by atoms with Crippen LogP contribution in [0.3, 0.4) is 0 Å². The molecule has 0 aromatic carbocycles. The Morgan fingerprint density at radius 2 is 2.16 bits per heavy atom. The Hall–Kier alpha value is -1.49. The molecule has 0 aliphatic heterocycles. The summed E-state index contributed by atoms with van der Waals surface area (Å²) in [6, 6.07) is 3.99. The average Bonchev–Trinajstić information content (AvgIpc) is 2.70. The number of carbonyl (C=O) groups is 1. The Morgan fingerprint density at radius 3 is 2.79 bits per heavy atom. The van der Waals surface area contributed by atoms with Crippen LogP contribution >= 0.6 is 11.8 Å². The molecule has 0 saturated heterocycles. The molecular formula is C14H18N2O2S. The number of rotatable bonds is 5. The molecule has 2 rings (SSSR count). The third kappa shape index (κ3) is 3.29. The molecular weight excluding hydrogens is 260 g/mol. The van der Waals surface area contributed by atoms with Crippen molar-refractivity contribution < 1.29 is 9.90 Å². The number of fused-ring (bicyclic) bond motifs is 1. The number of imidazole rings is 1. The van der Waals surface area contributed by atoms with E-state index in [4.69, 9.17) is 5.11 Å². The van der Waals surface area contributed by atoms with E-state index in [1.807, 2.05) is 49.7 Å². The van der Waals surface area contributed by atoms with Crippen LogP contribution in [0.5, 0.6) is 0 Å². The van der Waals surface area contributed by atoms with E-state index < -0.39 is 5.97 Å². The smallest absolute Gasteiger partial charge is 0.316 e. The first-order valence-corrected chi connectivity index (χ1v) is 7.31. The molecule has 0 aliphatic rings. The summed E-state index contributed by atoms with van der Waals surface area (Å²) in [5.74, 6) is -0.0167. The van der Waals surface area contributed by atoms with Crippen LogP contribution in [0.4, 0.5) is 0 Å². The van der Waals surface area contributed by atoms with Gasteiger partial charge < -0.3 is 9.51 Å². The van der Waals surface area contributed by atoms with Gasteiger partial charge in [0, 0.05) is 18.1 Å². The highest BCUT2D eigenvalue weighted by Gasteiger charge is 2.22. The zero-order chi connectivity index (χ0) is 14.0. The highest BCUT2D eigenvalue weighted by molar-refractivity contribution is 7.99. The summed E-state index contributed by atoms with van der Waals surface area (Å²) in [5.41, 5.74) is 3.00. The molecule has 2 aromatic rings. The van der Waals surface area contributed by atoms with Crippen LogP contribution in [0.15, 0.2) is 24.5 Å². The zero-order valence-corrected chi connectivity index (χ0v) is 12.1. The summed E-state index contributed by atoms with van der Waals surface area (Å²) < 4.78 is 1.98. The summed E-state index contributed by atoms with van der Waals surface area (Å²) >= 11 is 1.43. The van der Waals surface area contributed by atoms with Crippen LogP contribution in [-0.2, 0) is 10.5 Å². The van der Waals surface area contributed by atoms with Crippen LogP contribution in [0.2, 0.25) is 0 Å². The summed E-state index contributed by atoms with van der Waals surface area (Å²) in [6.45, 7) is 5.89. The summed E-state index contributed by atoms with van der Waals surface area (Å²) in [6.07, 6.45) is 3.99. The molecule has 1 N–H and O–H groups in total. The second kappa shape index (κ2) is 5.65. The normalized spacial score (nSPS) is 13.1. The van der Waals surface area contributed by atoms with Gasteiger partial charge in [-0.25, -0.2) is 4.98 Å². The Balaban J connectivity index is 2.11. The van der Waals surface area contributed by atoms with Crippen molar-refractivity contribution in [1.82, 2.24) is 9.38 Å². The van der Waals surface area contributed by atoms with Crippen molar-refractivity contribution in [1.29, 1.82) is 0 Å². The third-order valence-electron chi connectivity index (χ3n) is 2.91.